The van der Waals surface area contributed by atoms with Crippen LogP contribution in [0.4, 0.5) is 0 Å². The number of carbonyl (C=O) groups is 2. The third-order valence-corrected chi connectivity index (χ3v) is 4.36. The molecule has 1 aliphatic heterocycles. The summed E-state index contributed by atoms with van der Waals surface area (Å²) < 4.78 is 20.3. The Balaban J connectivity index is 1.94. The molecule has 0 radical (unpaired) electrons. The molecule has 1 unspecified atom stereocenters. The molecule has 9 nitrogen and oxygen atoms in total. The van der Waals surface area contributed by atoms with E-state index in [-0.39, 0.29) is 19.3 Å². The van der Waals surface area contributed by atoms with Crippen LogP contribution in [0.5, 0.6) is 0 Å². The van der Waals surface area contributed by atoms with E-state index in [1.165, 1.54) is 14.2 Å². The maximum Gasteiger partial charge on any atom is 0.323 e. The maximum atomic E-state index is 11.8. The second-order valence-corrected chi connectivity index (χ2v) is 5.81. The van der Waals surface area contributed by atoms with Gasteiger partial charge in [-0.1, -0.05) is 0 Å². The Morgan fingerprint density at radius 2 is 1.74 bits per heavy atom. The maximum absolute atomic E-state index is 11.8. The van der Waals surface area contributed by atoms with Gasteiger partial charge < -0.3 is 34.3 Å². The lowest BCUT2D eigenvalue weighted by atomic mass is 9.66. The zero-order valence-electron chi connectivity index (χ0n) is 13.0. The topological polar surface area (TPSA) is 132 Å². The van der Waals surface area contributed by atoms with Gasteiger partial charge in [0.15, 0.2) is 11.7 Å². The standard InChI is InChI=1S/C14H22O9/c1-20-12(18)14(13(19)21-2)4-7(5-14)22-10-3-8(16)11(17)9(6-15)23-10/h7-11,15-17H,3-6H2,1-2H3/t8-,9-,10?,11-/m1/s1. The number of aliphatic hydroxyl groups excluding tert-OH is 3. The highest BCUT2D eigenvalue weighted by molar-refractivity contribution is 6.01. The molecular formula is C14H22O9. The van der Waals surface area contributed by atoms with Crippen molar-refractivity contribution in [1.29, 1.82) is 0 Å². The van der Waals surface area contributed by atoms with Crippen molar-refractivity contribution in [2.45, 2.75) is 50.0 Å². The first-order valence-electron chi connectivity index (χ1n) is 7.32. The van der Waals surface area contributed by atoms with Gasteiger partial charge in [-0.15, -0.1) is 0 Å². The molecule has 132 valence electrons. The van der Waals surface area contributed by atoms with Gasteiger partial charge in [0, 0.05) is 19.3 Å². The lowest BCUT2D eigenvalue weighted by molar-refractivity contribution is -0.284. The first-order valence-corrected chi connectivity index (χ1v) is 7.32. The fraction of sp³-hybridized carbons (Fsp3) is 0.857. The van der Waals surface area contributed by atoms with E-state index in [1.54, 1.807) is 0 Å². The minimum Gasteiger partial charge on any atom is -0.468 e. The largest absolute Gasteiger partial charge is 0.468 e. The highest BCUT2D eigenvalue weighted by Gasteiger charge is 2.59. The molecule has 3 N–H and O–H groups in total. The lowest BCUT2D eigenvalue weighted by Crippen LogP contribution is -2.57. The number of aliphatic hydroxyl groups is 3. The highest BCUT2D eigenvalue weighted by atomic mass is 16.7. The van der Waals surface area contributed by atoms with Crippen molar-refractivity contribution in [3.05, 3.63) is 0 Å². The van der Waals surface area contributed by atoms with Crippen molar-refractivity contribution in [3.8, 4) is 0 Å². The van der Waals surface area contributed by atoms with Gasteiger partial charge >= 0.3 is 11.9 Å². The summed E-state index contributed by atoms with van der Waals surface area (Å²) in [6.07, 6.45) is -4.35. The molecule has 4 atom stereocenters. The van der Waals surface area contributed by atoms with Crippen LogP contribution in [0.15, 0.2) is 0 Å². The number of rotatable bonds is 5. The third-order valence-electron chi connectivity index (χ3n) is 4.36. The SMILES string of the molecule is COC(=O)C1(C(=O)OC)CC(OC2C[C@@H](O)[C@@H](O)[C@@H](CO)O2)C1. The van der Waals surface area contributed by atoms with Crippen LogP contribution >= 0.6 is 0 Å². The fourth-order valence-electron chi connectivity index (χ4n) is 2.99. The van der Waals surface area contributed by atoms with Crippen molar-refractivity contribution in [2.24, 2.45) is 5.41 Å². The molecule has 9 heteroatoms. The Hall–Kier alpha value is -1.26. The molecule has 2 fully saturated rings. The van der Waals surface area contributed by atoms with Gasteiger partial charge in [-0.3, -0.25) is 9.59 Å². The number of carbonyl (C=O) groups excluding carboxylic acids is 2. The van der Waals surface area contributed by atoms with Crippen LogP contribution in [-0.2, 0) is 28.5 Å². The summed E-state index contributed by atoms with van der Waals surface area (Å²) in [5.74, 6) is -1.37. The number of esters is 2. The van der Waals surface area contributed by atoms with Crippen LogP contribution in [0.25, 0.3) is 0 Å². The van der Waals surface area contributed by atoms with Gasteiger partial charge in [-0.05, 0) is 0 Å². The van der Waals surface area contributed by atoms with Crippen LogP contribution in [-0.4, -0.2) is 78.8 Å². The quantitative estimate of drug-likeness (QED) is 0.398. The van der Waals surface area contributed by atoms with E-state index >= 15 is 0 Å². The van der Waals surface area contributed by atoms with Crippen molar-refractivity contribution in [2.75, 3.05) is 20.8 Å². The molecule has 2 rings (SSSR count). The van der Waals surface area contributed by atoms with Crippen LogP contribution in [0.2, 0.25) is 0 Å². The van der Waals surface area contributed by atoms with E-state index in [4.69, 9.17) is 14.6 Å². The Bertz CT molecular complexity index is 428. The average molecular weight is 334 g/mol. The normalized spacial score (nSPS) is 33.6. The molecule has 1 saturated carbocycles. The van der Waals surface area contributed by atoms with Crippen molar-refractivity contribution in [3.63, 3.8) is 0 Å². The molecule has 0 amide bonds. The first kappa shape index (κ1) is 18.1. The summed E-state index contributed by atoms with van der Waals surface area (Å²) in [5.41, 5.74) is -1.38. The number of ether oxygens (including phenoxy) is 4. The molecule has 0 aromatic rings. The van der Waals surface area contributed by atoms with Gasteiger partial charge in [0.05, 0.1) is 33.0 Å². The van der Waals surface area contributed by atoms with E-state index in [0.29, 0.717) is 0 Å². The van der Waals surface area contributed by atoms with Crippen molar-refractivity contribution >= 4 is 11.9 Å². The monoisotopic (exact) mass is 334 g/mol. The third kappa shape index (κ3) is 3.33. The number of hydrogen-bond acceptors (Lipinski definition) is 9. The summed E-state index contributed by atoms with van der Waals surface area (Å²) >= 11 is 0. The molecular weight excluding hydrogens is 312 g/mol. The van der Waals surface area contributed by atoms with E-state index in [1.807, 2.05) is 0 Å². The fourth-order valence-corrected chi connectivity index (χ4v) is 2.99. The summed E-state index contributed by atoms with van der Waals surface area (Å²) in [5, 5.41) is 28.5. The Morgan fingerprint density at radius 3 is 2.22 bits per heavy atom. The molecule has 1 aliphatic carbocycles. The predicted octanol–water partition coefficient (Wildman–Crippen LogP) is -1.67. The lowest BCUT2D eigenvalue weighted by Gasteiger charge is -2.45. The van der Waals surface area contributed by atoms with Gasteiger partial charge in [0.25, 0.3) is 0 Å². The molecule has 0 aromatic carbocycles. The molecule has 0 aromatic heterocycles. The number of hydrogen-bond donors (Lipinski definition) is 3. The molecule has 1 saturated heterocycles. The summed E-state index contributed by atoms with van der Waals surface area (Å²) in [7, 11) is 2.38. The molecule has 0 bridgehead atoms. The van der Waals surface area contributed by atoms with Crippen LogP contribution < -0.4 is 0 Å². The van der Waals surface area contributed by atoms with Gasteiger partial charge in [0.2, 0.25) is 0 Å². The molecule has 2 aliphatic rings. The first-order chi connectivity index (χ1) is 10.9. The van der Waals surface area contributed by atoms with Crippen molar-refractivity contribution < 1.29 is 43.9 Å². The average Bonchev–Trinajstić information content (AvgIpc) is 2.51. The smallest absolute Gasteiger partial charge is 0.323 e. The second-order valence-electron chi connectivity index (χ2n) is 5.81. The summed E-state index contributed by atoms with van der Waals surface area (Å²) in [6.45, 7) is -0.461. The minimum atomic E-state index is -1.38. The Labute approximate surface area is 133 Å². The minimum absolute atomic E-state index is 0.0254. The Kier molecular flexibility index (Phi) is 5.58. The van der Waals surface area contributed by atoms with Crippen LogP contribution in [0.1, 0.15) is 19.3 Å². The highest BCUT2D eigenvalue weighted by Crippen LogP contribution is 2.46. The van der Waals surface area contributed by atoms with Gasteiger partial charge in [-0.25, -0.2) is 0 Å². The zero-order chi connectivity index (χ0) is 17.2. The van der Waals surface area contributed by atoms with Crippen molar-refractivity contribution in [1.82, 2.24) is 0 Å². The molecule has 0 spiro atoms. The second kappa shape index (κ2) is 7.10. The summed E-state index contributed by atoms with van der Waals surface area (Å²) in [4.78, 5) is 23.7. The van der Waals surface area contributed by atoms with Gasteiger partial charge in [0.1, 0.15) is 12.2 Å². The van der Waals surface area contributed by atoms with E-state index in [9.17, 15) is 19.8 Å². The summed E-state index contributed by atoms with van der Waals surface area (Å²) in [6, 6.07) is 0. The van der Waals surface area contributed by atoms with E-state index in [2.05, 4.69) is 9.47 Å². The van der Waals surface area contributed by atoms with E-state index < -0.39 is 54.7 Å². The van der Waals surface area contributed by atoms with Crippen LogP contribution in [0.3, 0.4) is 0 Å². The zero-order valence-corrected chi connectivity index (χ0v) is 13.0. The molecule has 23 heavy (non-hydrogen) atoms. The predicted molar refractivity (Wildman–Crippen MR) is 72.9 cm³/mol. The van der Waals surface area contributed by atoms with Gasteiger partial charge in [-0.2, -0.15) is 0 Å². The molecule has 1 heterocycles. The van der Waals surface area contributed by atoms with E-state index in [0.717, 1.165) is 0 Å². The Morgan fingerprint density at radius 1 is 1.17 bits per heavy atom. The number of methoxy groups -OCH3 is 2. The van der Waals surface area contributed by atoms with Crippen LogP contribution in [0, 0.1) is 5.41 Å².